The average molecular weight is 257 g/mol. The second-order valence-corrected chi connectivity index (χ2v) is 5.17. The van der Waals surface area contributed by atoms with Crippen LogP contribution in [-0.4, -0.2) is 23.5 Å². The highest BCUT2D eigenvalue weighted by Gasteiger charge is 2.35. The maximum absolute atomic E-state index is 11.7. The van der Waals surface area contributed by atoms with Gasteiger partial charge in [-0.15, -0.1) is 0 Å². The number of carboxylic acid groups (broad SMARTS) is 1. The van der Waals surface area contributed by atoms with E-state index < -0.39 is 11.4 Å². The van der Waals surface area contributed by atoms with Crippen molar-refractivity contribution in [1.29, 1.82) is 0 Å². The monoisotopic (exact) mass is 257 g/mol. The largest absolute Gasteiger partial charge is 0.481 e. The first-order valence-electron chi connectivity index (χ1n) is 6.91. The maximum Gasteiger partial charge on any atom is 0.311 e. The van der Waals surface area contributed by atoms with Crippen LogP contribution in [0.4, 0.5) is 0 Å². The molecule has 0 aliphatic heterocycles. The maximum atomic E-state index is 11.7. The van der Waals surface area contributed by atoms with Crippen LogP contribution in [-0.2, 0) is 9.59 Å². The average Bonchev–Trinajstić information content (AvgIpc) is 2.30. The molecule has 0 fully saturated rings. The molecule has 106 valence electrons. The summed E-state index contributed by atoms with van der Waals surface area (Å²) in [5.41, 5.74) is -0.816. The molecule has 18 heavy (non-hydrogen) atoms. The molecule has 0 heterocycles. The zero-order valence-electron chi connectivity index (χ0n) is 12.1. The van der Waals surface area contributed by atoms with E-state index in [1.54, 1.807) is 0 Å². The van der Waals surface area contributed by atoms with E-state index in [4.69, 9.17) is 0 Å². The fourth-order valence-electron chi connectivity index (χ4n) is 2.13. The number of carbonyl (C=O) groups excluding carboxylic acids is 1. The highest BCUT2D eigenvalue weighted by molar-refractivity contribution is 5.79. The van der Waals surface area contributed by atoms with E-state index in [1.807, 2.05) is 20.8 Å². The molecular formula is C14H27NO3. The first-order chi connectivity index (χ1) is 8.41. The molecule has 0 aromatic heterocycles. The molecular weight excluding hydrogens is 230 g/mol. The van der Waals surface area contributed by atoms with E-state index in [0.717, 1.165) is 12.8 Å². The second kappa shape index (κ2) is 8.11. The lowest BCUT2D eigenvalue weighted by molar-refractivity contribution is -0.149. The molecule has 1 amide bonds. The van der Waals surface area contributed by atoms with Gasteiger partial charge in [0.05, 0.1) is 5.41 Å². The molecule has 2 N–H and O–H groups in total. The van der Waals surface area contributed by atoms with Crippen LogP contribution in [0.15, 0.2) is 0 Å². The molecule has 0 radical (unpaired) electrons. The number of hydrogen-bond donors (Lipinski definition) is 2. The summed E-state index contributed by atoms with van der Waals surface area (Å²) in [4.78, 5) is 23.0. The fourth-order valence-corrected chi connectivity index (χ4v) is 2.13. The summed E-state index contributed by atoms with van der Waals surface area (Å²) in [6, 6.07) is 0. The number of rotatable bonds is 9. The van der Waals surface area contributed by atoms with Crippen LogP contribution in [0.3, 0.4) is 0 Å². The number of nitrogens with one attached hydrogen (secondary N) is 1. The number of aliphatic carboxylic acids is 1. The molecule has 1 atom stereocenters. The minimum atomic E-state index is -0.825. The quantitative estimate of drug-likeness (QED) is 0.667. The van der Waals surface area contributed by atoms with Crippen molar-refractivity contribution in [3.05, 3.63) is 0 Å². The van der Waals surface area contributed by atoms with Gasteiger partial charge in [0.1, 0.15) is 0 Å². The highest BCUT2D eigenvalue weighted by atomic mass is 16.4. The van der Waals surface area contributed by atoms with E-state index in [0.29, 0.717) is 25.2 Å². The fraction of sp³-hybridized carbons (Fsp3) is 0.857. The number of carbonyl (C=O) groups is 2. The lowest BCUT2D eigenvalue weighted by Crippen LogP contribution is -2.42. The summed E-state index contributed by atoms with van der Waals surface area (Å²) < 4.78 is 0. The first-order valence-corrected chi connectivity index (χ1v) is 6.91. The van der Waals surface area contributed by atoms with Crippen molar-refractivity contribution < 1.29 is 14.7 Å². The Labute approximate surface area is 110 Å². The van der Waals surface area contributed by atoms with Gasteiger partial charge >= 0.3 is 5.97 Å². The third-order valence-electron chi connectivity index (χ3n) is 3.75. The normalized spacial score (nSPS) is 13.1. The van der Waals surface area contributed by atoms with Crippen LogP contribution in [0.5, 0.6) is 0 Å². The molecule has 1 unspecified atom stereocenters. The summed E-state index contributed by atoms with van der Waals surface area (Å²) in [5, 5.41) is 12.0. The molecule has 0 rings (SSSR count). The number of carboxylic acids is 1. The van der Waals surface area contributed by atoms with Crippen molar-refractivity contribution in [1.82, 2.24) is 5.32 Å². The smallest absolute Gasteiger partial charge is 0.311 e. The van der Waals surface area contributed by atoms with Crippen LogP contribution in [0.2, 0.25) is 0 Å². The molecule has 4 heteroatoms. The Morgan fingerprint density at radius 3 is 2.17 bits per heavy atom. The molecule has 0 saturated carbocycles. The lowest BCUT2D eigenvalue weighted by atomic mass is 9.82. The van der Waals surface area contributed by atoms with Gasteiger partial charge in [-0.3, -0.25) is 9.59 Å². The van der Waals surface area contributed by atoms with E-state index >= 15 is 0 Å². The summed E-state index contributed by atoms with van der Waals surface area (Å²) in [6.45, 7) is 8.07. The molecule has 0 saturated heterocycles. The number of hydrogen-bond acceptors (Lipinski definition) is 2. The van der Waals surface area contributed by atoms with E-state index in [1.165, 1.54) is 0 Å². The zero-order chi connectivity index (χ0) is 14.2. The zero-order valence-corrected chi connectivity index (χ0v) is 12.1. The van der Waals surface area contributed by atoms with Crippen LogP contribution < -0.4 is 5.32 Å². The van der Waals surface area contributed by atoms with E-state index in [2.05, 4.69) is 12.2 Å². The van der Waals surface area contributed by atoms with Crippen molar-refractivity contribution in [3.8, 4) is 0 Å². The third-order valence-corrected chi connectivity index (χ3v) is 3.75. The second-order valence-electron chi connectivity index (χ2n) is 5.17. The molecule has 0 aromatic carbocycles. The minimum absolute atomic E-state index is 0.0384. The predicted octanol–water partition coefficient (Wildman–Crippen LogP) is 2.82. The Hall–Kier alpha value is -1.06. The van der Waals surface area contributed by atoms with E-state index in [9.17, 15) is 14.7 Å². The van der Waals surface area contributed by atoms with E-state index in [-0.39, 0.29) is 12.5 Å². The molecule has 4 nitrogen and oxygen atoms in total. The summed E-state index contributed by atoms with van der Waals surface area (Å²) >= 11 is 0. The van der Waals surface area contributed by atoms with Gasteiger partial charge in [-0.05, 0) is 18.8 Å². The van der Waals surface area contributed by atoms with Crippen LogP contribution in [0.25, 0.3) is 0 Å². The first kappa shape index (κ1) is 16.9. The van der Waals surface area contributed by atoms with Gasteiger partial charge < -0.3 is 10.4 Å². The standard InChI is InChI=1S/C14H27NO3/c1-5-8-11(4)9-12(16)15-10-14(6-2,7-3)13(17)18/h11H,5-10H2,1-4H3,(H,15,16)(H,17,18). The Morgan fingerprint density at radius 2 is 1.78 bits per heavy atom. The molecule has 0 bridgehead atoms. The highest BCUT2D eigenvalue weighted by Crippen LogP contribution is 2.25. The summed E-state index contributed by atoms with van der Waals surface area (Å²) in [5.74, 6) is -0.504. The van der Waals surface area contributed by atoms with Gasteiger partial charge in [-0.2, -0.15) is 0 Å². The Bertz CT molecular complexity index is 272. The summed E-state index contributed by atoms with van der Waals surface area (Å²) in [7, 11) is 0. The predicted molar refractivity (Wildman–Crippen MR) is 72.3 cm³/mol. The van der Waals surface area contributed by atoms with Crippen molar-refractivity contribution in [2.75, 3.05) is 6.54 Å². The topological polar surface area (TPSA) is 66.4 Å². The van der Waals surface area contributed by atoms with Crippen molar-refractivity contribution in [2.24, 2.45) is 11.3 Å². The Balaban J connectivity index is 4.28. The lowest BCUT2D eigenvalue weighted by Gasteiger charge is -2.27. The molecule has 0 spiro atoms. The Kier molecular flexibility index (Phi) is 7.64. The van der Waals surface area contributed by atoms with Gasteiger partial charge in [-0.25, -0.2) is 0 Å². The molecule has 0 aliphatic rings. The van der Waals surface area contributed by atoms with Gasteiger partial charge in [0.25, 0.3) is 0 Å². The summed E-state index contributed by atoms with van der Waals surface area (Å²) in [6.07, 6.45) is 3.64. The van der Waals surface area contributed by atoms with Gasteiger partial charge in [0, 0.05) is 13.0 Å². The SMILES string of the molecule is CCCC(C)CC(=O)NCC(CC)(CC)C(=O)O. The number of amides is 1. The third kappa shape index (κ3) is 5.07. The molecule has 0 aromatic rings. The van der Waals surface area contributed by atoms with Gasteiger partial charge in [-0.1, -0.05) is 40.5 Å². The van der Waals surface area contributed by atoms with Crippen molar-refractivity contribution in [3.63, 3.8) is 0 Å². The molecule has 0 aliphatic carbocycles. The Morgan fingerprint density at radius 1 is 1.22 bits per heavy atom. The van der Waals surface area contributed by atoms with Gasteiger partial charge in [0.15, 0.2) is 0 Å². The minimum Gasteiger partial charge on any atom is -0.481 e. The van der Waals surface area contributed by atoms with Crippen LogP contribution >= 0.6 is 0 Å². The van der Waals surface area contributed by atoms with Crippen LogP contribution in [0.1, 0.15) is 59.8 Å². The van der Waals surface area contributed by atoms with Gasteiger partial charge in [0.2, 0.25) is 5.91 Å². The van der Waals surface area contributed by atoms with Crippen molar-refractivity contribution >= 4 is 11.9 Å². The van der Waals surface area contributed by atoms with Crippen molar-refractivity contribution in [2.45, 2.75) is 59.8 Å². The van der Waals surface area contributed by atoms with Crippen LogP contribution in [0, 0.1) is 11.3 Å².